The number of carbonyl (C=O) groups is 1. The van der Waals surface area contributed by atoms with Crippen LogP contribution >= 0.6 is 0 Å². The van der Waals surface area contributed by atoms with Crippen molar-refractivity contribution in [3.8, 4) is 5.69 Å². The van der Waals surface area contributed by atoms with E-state index in [2.05, 4.69) is 15.7 Å². The van der Waals surface area contributed by atoms with Crippen molar-refractivity contribution in [1.29, 1.82) is 0 Å². The van der Waals surface area contributed by atoms with E-state index < -0.39 is 4.92 Å². The molecule has 8 heteroatoms. The van der Waals surface area contributed by atoms with Gasteiger partial charge in [0.25, 0.3) is 5.69 Å². The molecule has 0 aliphatic carbocycles. The lowest BCUT2D eigenvalue weighted by Gasteiger charge is -2.09. The number of rotatable bonds is 8. The van der Waals surface area contributed by atoms with Crippen molar-refractivity contribution < 1.29 is 9.72 Å². The summed E-state index contributed by atoms with van der Waals surface area (Å²) in [6.07, 6.45) is 0.232. The highest BCUT2D eigenvalue weighted by Crippen LogP contribution is 2.22. The molecule has 1 heterocycles. The van der Waals surface area contributed by atoms with Crippen LogP contribution in [0.1, 0.15) is 17.0 Å². The molecule has 3 aromatic rings. The Labute approximate surface area is 168 Å². The number of nitro benzene ring substituents is 1. The fourth-order valence-electron chi connectivity index (χ4n) is 3.16. The van der Waals surface area contributed by atoms with Gasteiger partial charge in [0.05, 0.1) is 22.7 Å². The van der Waals surface area contributed by atoms with Gasteiger partial charge in [-0.15, -0.1) is 0 Å². The third-order valence-corrected chi connectivity index (χ3v) is 4.64. The van der Waals surface area contributed by atoms with Crippen LogP contribution in [-0.2, 0) is 11.2 Å². The maximum absolute atomic E-state index is 12.4. The lowest BCUT2D eigenvalue weighted by atomic mass is 10.1. The van der Waals surface area contributed by atoms with Gasteiger partial charge in [-0.2, -0.15) is 5.10 Å². The molecule has 0 aliphatic heterocycles. The molecule has 1 aromatic heterocycles. The Morgan fingerprint density at radius 3 is 2.48 bits per heavy atom. The molecule has 0 fully saturated rings. The minimum absolute atomic E-state index is 0.0124. The zero-order chi connectivity index (χ0) is 20.8. The van der Waals surface area contributed by atoms with Crippen molar-refractivity contribution in [2.24, 2.45) is 0 Å². The van der Waals surface area contributed by atoms with E-state index in [0.29, 0.717) is 18.8 Å². The van der Waals surface area contributed by atoms with Gasteiger partial charge in [0.15, 0.2) is 0 Å². The lowest BCUT2D eigenvalue weighted by Crippen LogP contribution is -2.30. The molecule has 2 aromatic carbocycles. The van der Waals surface area contributed by atoms with Crippen molar-refractivity contribution in [1.82, 2.24) is 15.1 Å². The Balaban J connectivity index is 1.56. The van der Waals surface area contributed by atoms with Crippen LogP contribution in [0.5, 0.6) is 0 Å². The number of hydrogen-bond acceptors (Lipinski definition) is 5. The molecule has 2 N–H and O–H groups in total. The predicted octanol–water partition coefficient (Wildman–Crippen LogP) is 3.17. The number of nitrogens with one attached hydrogen (secondary N) is 2. The first-order valence-corrected chi connectivity index (χ1v) is 9.32. The smallest absolute Gasteiger partial charge is 0.292 e. The fraction of sp³-hybridized carbons (Fsp3) is 0.238. The second kappa shape index (κ2) is 9.01. The summed E-state index contributed by atoms with van der Waals surface area (Å²) in [6, 6.07) is 16.2. The molecular weight excluding hydrogens is 370 g/mol. The van der Waals surface area contributed by atoms with Crippen LogP contribution in [0.25, 0.3) is 5.69 Å². The van der Waals surface area contributed by atoms with Crippen LogP contribution in [0.2, 0.25) is 0 Å². The second-order valence-electron chi connectivity index (χ2n) is 6.62. The number of nitrogens with zero attached hydrogens (tertiary/aromatic N) is 3. The number of aryl methyl sites for hydroxylation is 1. The average Bonchev–Trinajstić information content (AvgIpc) is 3.00. The lowest BCUT2D eigenvalue weighted by molar-refractivity contribution is -0.384. The predicted molar refractivity (Wildman–Crippen MR) is 111 cm³/mol. The van der Waals surface area contributed by atoms with Crippen LogP contribution < -0.4 is 10.6 Å². The van der Waals surface area contributed by atoms with Crippen molar-refractivity contribution in [3.63, 3.8) is 0 Å². The van der Waals surface area contributed by atoms with E-state index in [1.807, 2.05) is 48.9 Å². The van der Waals surface area contributed by atoms with Gasteiger partial charge in [-0.1, -0.05) is 30.3 Å². The quantitative estimate of drug-likeness (QED) is 0.348. The monoisotopic (exact) mass is 393 g/mol. The maximum Gasteiger partial charge on any atom is 0.292 e. The van der Waals surface area contributed by atoms with E-state index in [4.69, 9.17) is 0 Å². The first-order chi connectivity index (χ1) is 14.0. The maximum atomic E-state index is 12.4. The van der Waals surface area contributed by atoms with Gasteiger partial charge in [0, 0.05) is 30.4 Å². The molecule has 0 radical (unpaired) electrons. The number of aromatic nitrogens is 2. The highest BCUT2D eigenvalue weighted by Gasteiger charge is 2.16. The fourth-order valence-corrected chi connectivity index (χ4v) is 3.16. The van der Waals surface area contributed by atoms with Crippen molar-refractivity contribution in [2.75, 3.05) is 18.4 Å². The zero-order valence-corrected chi connectivity index (χ0v) is 16.4. The van der Waals surface area contributed by atoms with E-state index in [1.54, 1.807) is 18.2 Å². The van der Waals surface area contributed by atoms with Crippen molar-refractivity contribution >= 4 is 17.3 Å². The summed E-state index contributed by atoms with van der Waals surface area (Å²) >= 11 is 0. The molecular formula is C21H23N5O3. The topological polar surface area (TPSA) is 102 Å². The summed E-state index contributed by atoms with van der Waals surface area (Å²) < 4.78 is 1.84. The Kier molecular flexibility index (Phi) is 6.23. The van der Waals surface area contributed by atoms with Gasteiger partial charge in [0.1, 0.15) is 5.69 Å². The van der Waals surface area contributed by atoms with Crippen molar-refractivity contribution in [2.45, 2.75) is 20.3 Å². The standard InChI is InChI=1S/C21H23N5O3/c1-15-18(16(2)25(24-15)17-8-4-3-5-9-17)14-21(27)23-13-12-22-19-10-6-7-11-20(19)26(28)29/h3-11,22H,12-14H2,1-2H3,(H,23,27). The number of carbonyl (C=O) groups excluding carboxylic acids is 1. The summed E-state index contributed by atoms with van der Waals surface area (Å²) in [7, 11) is 0. The molecule has 0 aliphatic rings. The Morgan fingerprint density at radius 2 is 1.76 bits per heavy atom. The first kappa shape index (κ1) is 20.1. The van der Waals surface area contributed by atoms with Crippen LogP contribution in [0.15, 0.2) is 54.6 Å². The number of hydrogen-bond donors (Lipinski definition) is 2. The summed E-state index contributed by atoms with van der Waals surface area (Å²) in [6.45, 7) is 4.59. The third kappa shape index (κ3) is 4.78. The highest BCUT2D eigenvalue weighted by atomic mass is 16.6. The highest BCUT2D eigenvalue weighted by molar-refractivity contribution is 5.79. The molecule has 29 heavy (non-hydrogen) atoms. The number of nitro groups is 1. The largest absolute Gasteiger partial charge is 0.378 e. The molecule has 0 bridgehead atoms. The van der Waals surface area contributed by atoms with Crippen LogP contribution in [0, 0.1) is 24.0 Å². The van der Waals surface area contributed by atoms with Crippen molar-refractivity contribution in [3.05, 3.63) is 81.7 Å². The van der Waals surface area contributed by atoms with E-state index in [-0.39, 0.29) is 18.0 Å². The minimum atomic E-state index is -0.434. The van der Waals surface area contributed by atoms with Crippen LogP contribution in [-0.4, -0.2) is 33.7 Å². The molecule has 0 atom stereocenters. The average molecular weight is 393 g/mol. The first-order valence-electron chi connectivity index (χ1n) is 9.32. The summed E-state index contributed by atoms with van der Waals surface area (Å²) in [5.41, 5.74) is 4.05. The van der Waals surface area contributed by atoms with Gasteiger partial charge >= 0.3 is 0 Å². The van der Waals surface area contributed by atoms with Crippen LogP contribution in [0.3, 0.4) is 0 Å². The summed E-state index contributed by atoms with van der Waals surface area (Å²) in [5, 5.41) is 21.4. The molecule has 0 saturated heterocycles. The molecule has 0 saturated carbocycles. The Bertz CT molecular complexity index is 1010. The third-order valence-electron chi connectivity index (χ3n) is 4.64. The SMILES string of the molecule is Cc1nn(-c2ccccc2)c(C)c1CC(=O)NCCNc1ccccc1[N+](=O)[O-]. The number of amides is 1. The number of para-hydroxylation sites is 3. The number of benzene rings is 2. The van der Waals surface area contributed by atoms with Gasteiger partial charge in [0.2, 0.25) is 5.91 Å². The minimum Gasteiger partial charge on any atom is -0.378 e. The Hall–Kier alpha value is -3.68. The van der Waals surface area contributed by atoms with Gasteiger partial charge < -0.3 is 10.6 Å². The molecule has 8 nitrogen and oxygen atoms in total. The van der Waals surface area contributed by atoms with E-state index in [1.165, 1.54) is 6.07 Å². The van der Waals surface area contributed by atoms with Crippen LogP contribution in [0.4, 0.5) is 11.4 Å². The summed E-state index contributed by atoms with van der Waals surface area (Å²) in [4.78, 5) is 23.0. The second-order valence-corrected chi connectivity index (χ2v) is 6.62. The van der Waals surface area contributed by atoms with E-state index in [9.17, 15) is 14.9 Å². The van der Waals surface area contributed by atoms with Gasteiger partial charge in [-0.25, -0.2) is 4.68 Å². The molecule has 1 amide bonds. The molecule has 0 unspecified atom stereocenters. The normalized spacial score (nSPS) is 10.6. The zero-order valence-electron chi connectivity index (χ0n) is 16.4. The van der Waals surface area contributed by atoms with E-state index in [0.717, 1.165) is 22.6 Å². The molecule has 0 spiro atoms. The number of anilines is 1. The molecule has 150 valence electrons. The molecule has 3 rings (SSSR count). The summed E-state index contributed by atoms with van der Waals surface area (Å²) in [5.74, 6) is -0.117. The Morgan fingerprint density at radius 1 is 1.07 bits per heavy atom. The van der Waals surface area contributed by atoms with Gasteiger partial charge in [-0.05, 0) is 32.0 Å². The van der Waals surface area contributed by atoms with E-state index >= 15 is 0 Å². The van der Waals surface area contributed by atoms with Gasteiger partial charge in [-0.3, -0.25) is 14.9 Å².